The fourth-order valence-corrected chi connectivity index (χ4v) is 4.56. The Labute approximate surface area is 153 Å². The summed E-state index contributed by atoms with van der Waals surface area (Å²) in [5.74, 6) is 0.810. The molecule has 0 atom stereocenters. The number of fused-ring (bicyclic) bond motifs is 1. The highest BCUT2D eigenvalue weighted by Gasteiger charge is 2.15. The quantitative estimate of drug-likeness (QED) is 0.399. The van der Waals surface area contributed by atoms with Crippen LogP contribution in [-0.4, -0.2) is 25.1 Å². The van der Waals surface area contributed by atoms with Crippen molar-refractivity contribution in [1.82, 2.24) is 19.3 Å². The molecule has 0 saturated carbocycles. The highest BCUT2D eigenvalue weighted by molar-refractivity contribution is 7.99. The zero-order valence-electron chi connectivity index (χ0n) is 13.6. The van der Waals surface area contributed by atoms with Gasteiger partial charge in [0, 0.05) is 36.1 Å². The van der Waals surface area contributed by atoms with Crippen LogP contribution in [0.3, 0.4) is 0 Å². The minimum absolute atomic E-state index is 0.00620. The molecule has 0 aliphatic carbocycles. The average Bonchev–Trinajstić information content (AvgIpc) is 3.29. The van der Waals surface area contributed by atoms with Crippen LogP contribution in [0.2, 0.25) is 0 Å². The zero-order valence-corrected chi connectivity index (χ0v) is 15.3. The summed E-state index contributed by atoms with van der Waals surface area (Å²) in [4.78, 5) is 18.4. The summed E-state index contributed by atoms with van der Waals surface area (Å²) in [6.07, 6.45) is 3.70. The molecule has 0 radical (unpaired) electrons. The van der Waals surface area contributed by atoms with Gasteiger partial charge in [-0.25, -0.2) is 4.98 Å². The maximum Gasteiger partial charge on any atom is 0.263 e. The van der Waals surface area contributed by atoms with Crippen molar-refractivity contribution >= 4 is 33.3 Å². The summed E-state index contributed by atoms with van der Waals surface area (Å²) in [5.41, 5.74) is 2.01. The van der Waals surface area contributed by atoms with Crippen LogP contribution >= 0.6 is 23.1 Å². The van der Waals surface area contributed by atoms with E-state index < -0.39 is 0 Å². The van der Waals surface area contributed by atoms with Crippen molar-refractivity contribution in [2.24, 2.45) is 7.05 Å². The van der Waals surface area contributed by atoms with Gasteiger partial charge < -0.3 is 0 Å². The highest BCUT2D eigenvalue weighted by atomic mass is 32.2. The van der Waals surface area contributed by atoms with E-state index in [1.165, 1.54) is 11.3 Å². The van der Waals surface area contributed by atoms with Gasteiger partial charge in [0.05, 0.1) is 11.9 Å². The fraction of sp³-hybridized carbons (Fsp3) is 0.167. The predicted octanol–water partition coefficient (Wildman–Crippen LogP) is 3.65. The van der Waals surface area contributed by atoms with E-state index in [1.807, 2.05) is 52.7 Å². The Kier molecular flexibility index (Phi) is 4.42. The van der Waals surface area contributed by atoms with Crippen LogP contribution in [0, 0.1) is 0 Å². The normalized spacial score (nSPS) is 11.2. The van der Waals surface area contributed by atoms with Crippen LogP contribution in [-0.2, 0) is 13.6 Å². The van der Waals surface area contributed by atoms with Crippen molar-refractivity contribution in [2.45, 2.75) is 11.7 Å². The molecule has 0 aliphatic rings. The van der Waals surface area contributed by atoms with Gasteiger partial charge in [-0.1, -0.05) is 42.1 Å². The number of aromatic nitrogens is 4. The molecule has 4 aromatic rings. The maximum absolute atomic E-state index is 12.9. The molecule has 0 N–H and O–H groups in total. The van der Waals surface area contributed by atoms with E-state index in [-0.39, 0.29) is 5.56 Å². The summed E-state index contributed by atoms with van der Waals surface area (Å²) >= 11 is 3.10. The van der Waals surface area contributed by atoms with Gasteiger partial charge in [-0.3, -0.25) is 14.0 Å². The number of thiophene rings is 1. The Morgan fingerprint density at radius 2 is 2.04 bits per heavy atom. The van der Waals surface area contributed by atoms with Gasteiger partial charge in [0.2, 0.25) is 0 Å². The molecule has 0 saturated heterocycles. The molecule has 3 heterocycles. The van der Waals surface area contributed by atoms with E-state index in [0.29, 0.717) is 5.39 Å². The van der Waals surface area contributed by atoms with Crippen molar-refractivity contribution in [3.05, 3.63) is 64.5 Å². The molecule has 0 spiro atoms. The first-order valence-electron chi connectivity index (χ1n) is 7.88. The molecule has 0 amide bonds. The number of aryl methyl sites for hydroxylation is 1. The van der Waals surface area contributed by atoms with E-state index in [9.17, 15) is 4.79 Å². The summed E-state index contributed by atoms with van der Waals surface area (Å²) in [7, 11) is 1.79. The Balaban J connectivity index is 1.67. The molecule has 4 rings (SSSR count). The van der Waals surface area contributed by atoms with Gasteiger partial charge in [0.25, 0.3) is 5.56 Å². The number of nitrogens with zero attached hydrogens (tertiary/aromatic N) is 4. The van der Waals surface area contributed by atoms with E-state index in [2.05, 4.69) is 5.10 Å². The van der Waals surface area contributed by atoms with Crippen LogP contribution in [0.4, 0.5) is 0 Å². The van der Waals surface area contributed by atoms with Crippen LogP contribution < -0.4 is 5.56 Å². The number of hydrogen-bond donors (Lipinski definition) is 0. The molecule has 7 heteroatoms. The maximum atomic E-state index is 12.9. The topological polar surface area (TPSA) is 52.7 Å². The Morgan fingerprint density at radius 3 is 2.80 bits per heavy atom. The number of rotatable bonds is 5. The second kappa shape index (κ2) is 6.85. The van der Waals surface area contributed by atoms with Crippen molar-refractivity contribution in [2.75, 3.05) is 5.75 Å². The van der Waals surface area contributed by atoms with Gasteiger partial charge >= 0.3 is 0 Å². The van der Waals surface area contributed by atoms with Gasteiger partial charge in [-0.15, -0.1) is 11.3 Å². The van der Waals surface area contributed by atoms with Crippen LogP contribution in [0.1, 0.15) is 0 Å². The first kappa shape index (κ1) is 16.1. The van der Waals surface area contributed by atoms with E-state index in [1.54, 1.807) is 29.6 Å². The molecule has 25 heavy (non-hydrogen) atoms. The summed E-state index contributed by atoms with van der Waals surface area (Å²) < 4.78 is 3.53. The van der Waals surface area contributed by atoms with E-state index in [4.69, 9.17) is 4.98 Å². The standard InChI is InChI=1S/C18H16N4OS2/c1-21-17(23)15-14(13-6-3-2-4-7-13)12-25-16(15)20-18(21)24-11-10-22-9-5-8-19-22/h2-9,12H,10-11H2,1H3. The van der Waals surface area contributed by atoms with Crippen molar-refractivity contribution in [1.29, 1.82) is 0 Å². The molecule has 3 aromatic heterocycles. The SMILES string of the molecule is Cn1c(SCCn2cccn2)nc2scc(-c3ccccc3)c2c1=O. The second-order valence-electron chi connectivity index (χ2n) is 5.57. The molecule has 0 aliphatic heterocycles. The van der Waals surface area contributed by atoms with Gasteiger partial charge in [-0.05, 0) is 11.6 Å². The highest BCUT2D eigenvalue weighted by Crippen LogP contribution is 2.31. The van der Waals surface area contributed by atoms with E-state index >= 15 is 0 Å². The summed E-state index contributed by atoms with van der Waals surface area (Å²) in [6, 6.07) is 11.9. The van der Waals surface area contributed by atoms with Crippen LogP contribution in [0.25, 0.3) is 21.3 Å². The largest absolute Gasteiger partial charge is 0.290 e. The first-order valence-corrected chi connectivity index (χ1v) is 9.74. The minimum atomic E-state index is 0.00620. The molecular formula is C18H16N4OS2. The average molecular weight is 368 g/mol. The second-order valence-corrected chi connectivity index (χ2v) is 7.49. The fourth-order valence-electron chi connectivity index (χ4n) is 2.68. The van der Waals surface area contributed by atoms with Crippen molar-refractivity contribution in [3.63, 3.8) is 0 Å². The third kappa shape index (κ3) is 3.12. The molecular weight excluding hydrogens is 352 g/mol. The lowest BCUT2D eigenvalue weighted by Crippen LogP contribution is -2.20. The lowest BCUT2D eigenvalue weighted by Gasteiger charge is -2.08. The molecule has 0 bridgehead atoms. The van der Waals surface area contributed by atoms with Gasteiger partial charge in [-0.2, -0.15) is 5.10 Å². The summed E-state index contributed by atoms with van der Waals surface area (Å²) in [5, 5.41) is 7.66. The first-order chi connectivity index (χ1) is 12.2. The molecule has 0 unspecified atom stereocenters. The monoisotopic (exact) mass is 368 g/mol. The Bertz CT molecular complexity index is 1050. The van der Waals surface area contributed by atoms with Crippen LogP contribution in [0.15, 0.2) is 64.1 Å². The summed E-state index contributed by atoms with van der Waals surface area (Å²) in [6.45, 7) is 0.783. The third-order valence-electron chi connectivity index (χ3n) is 3.97. The van der Waals surface area contributed by atoms with E-state index in [0.717, 1.165) is 33.4 Å². The smallest absolute Gasteiger partial charge is 0.263 e. The Morgan fingerprint density at radius 1 is 1.20 bits per heavy atom. The molecule has 5 nitrogen and oxygen atoms in total. The lowest BCUT2D eigenvalue weighted by atomic mass is 10.1. The van der Waals surface area contributed by atoms with Gasteiger partial charge in [0.1, 0.15) is 4.83 Å². The minimum Gasteiger partial charge on any atom is -0.290 e. The third-order valence-corrected chi connectivity index (χ3v) is 5.85. The number of thioether (sulfide) groups is 1. The molecule has 0 fully saturated rings. The number of hydrogen-bond acceptors (Lipinski definition) is 5. The Hall–Kier alpha value is -2.38. The number of benzene rings is 1. The predicted molar refractivity (Wildman–Crippen MR) is 103 cm³/mol. The zero-order chi connectivity index (χ0) is 17.2. The lowest BCUT2D eigenvalue weighted by molar-refractivity contribution is 0.663. The van der Waals surface area contributed by atoms with Gasteiger partial charge in [0.15, 0.2) is 5.16 Å². The van der Waals surface area contributed by atoms with Crippen molar-refractivity contribution < 1.29 is 0 Å². The van der Waals surface area contributed by atoms with Crippen LogP contribution in [0.5, 0.6) is 0 Å². The molecule has 1 aromatic carbocycles. The van der Waals surface area contributed by atoms with Crippen molar-refractivity contribution in [3.8, 4) is 11.1 Å². The molecule has 126 valence electrons.